The quantitative estimate of drug-likeness (QED) is 0.457. The predicted molar refractivity (Wildman–Crippen MR) is 71.0 cm³/mol. The molecule has 1 atom stereocenters. The van der Waals surface area contributed by atoms with E-state index in [1.54, 1.807) is 13.8 Å². The minimum Gasteiger partial charge on any atom is -0.396 e. The van der Waals surface area contributed by atoms with Crippen molar-refractivity contribution in [2.24, 2.45) is 11.1 Å². The molecule has 0 aliphatic rings. The van der Waals surface area contributed by atoms with Gasteiger partial charge in [-0.05, 0) is 0 Å². The number of aliphatic hydroxyl groups is 2. The van der Waals surface area contributed by atoms with Crippen LogP contribution < -0.4 is 11.1 Å². The van der Waals surface area contributed by atoms with Crippen LogP contribution in [0.2, 0.25) is 0 Å². The highest BCUT2D eigenvalue weighted by atomic mass is 32.2. The maximum atomic E-state index is 11.5. The third-order valence-corrected chi connectivity index (χ3v) is 3.37. The number of carbonyl (C=O) groups excluding carboxylic acids is 2. The first kappa shape index (κ1) is 17.4. The number of amides is 1. The molecule has 18 heavy (non-hydrogen) atoms. The van der Waals surface area contributed by atoms with Gasteiger partial charge in [0.05, 0.1) is 6.61 Å². The number of nitrogens with two attached hydrogens (primary N) is 1. The summed E-state index contributed by atoms with van der Waals surface area (Å²) in [6.45, 7) is 3.48. The minimum absolute atomic E-state index is 0.0448. The van der Waals surface area contributed by atoms with Crippen molar-refractivity contribution in [3.63, 3.8) is 0 Å². The lowest BCUT2D eigenvalue weighted by Gasteiger charge is -2.27. The summed E-state index contributed by atoms with van der Waals surface area (Å²) in [6, 6.07) is 0. The summed E-state index contributed by atoms with van der Waals surface area (Å²) in [5, 5.41) is 21.1. The van der Waals surface area contributed by atoms with Crippen molar-refractivity contribution in [3.05, 3.63) is 0 Å². The molecule has 0 aliphatic heterocycles. The van der Waals surface area contributed by atoms with Gasteiger partial charge in [-0.1, -0.05) is 25.6 Å². The highest BCUT2D eigenvalue weighted by molar-refractivity contribution is 8.13. The summed E-state index contributed by atoms with van der Waals surface area (Å²) >= 11 is 1.13. The van der Waals surface area contributed by atoms with Crippen molar-refractivity contribution in [2.75, 3.05) is 25.4 Å². The van der Waals surface area contributed by atoms with E-state index in [9.17, 15) is 14.7 Å². The van der Waals surface area contributed by atoms with Crippen LogP contribution in [-0.2, 0) is 9.59 Å². The molecule has 0 spiro atoms. The molecule has 6 nitrogen and oxygen atoms in total. The van der Waals surface area contributed by atoms with E-state index in [1.807, 2.05) is 0 Å². The van der Waals surface area contributed by atoms with Crippen LogP contribution in [-0.4, -0.2) is 52.8 Å². The van der Waals surface area contributed by atoms with Crippen molar-refractivity contribution in [1.82, 2.24) is 5.32 Å². The van der Waals surface area contributed by atoms with Crippen molar-refractivity contribution < 1.29 is 19.8 Å². The monoisotopic (exact) mass is 278 g/mol. The number of rotatable bonds is 8. The number of nitrogens with one attached hydrogen (secondary N) is 1. The van der Waals surface area contributed by atoms with E-state index in [2.05, 4.69) is 5.32 Å². The van der Waals surface area contributed by atoms with Gasteiger partial charge in [0.1, 0.15) is 6.10 Å². The van der Waals surface area contributed by atoms with E-state index in [-0.39, 0.29) is 24.7 Å². The van der Waals surface area contributed by atoms with Gasteiger partial charge < -0.3 is 21.3 Å². The largest absolute Gasteiger partial charge is 0.396 e. The molecule has 0 heterocycles. The fourth-order valence-corrected chi connectivity index (χ4v) is 1.66. The second-order valence-electron chi connectivity index (χ2n) is 4.60. The molecule has 1 amide bonds. The van der Waals surface area contributed by atoms with E-state index in [0.717, 1.165) is 11.8 Å². The summed E-state index contributed by atoms with van der Waals surface area (Å²) in [7, 11) is 0. The first-order valence-corrected chi connectivity index (χ1v) is 6.76. The zero-order chi connectivity index (χ0) is 14.2. The molecule has 0 saturated carbocycles. The third-order valence-electron chi connectivity index (χ3n) is 2.41. The summed E-state index contributed by atoms with van der Waals surface area (Å²) < 4.78 is 0. The Kier molecular flexibility index (Phi) is 8.17. The predicted octanol–water partition coefficient (Wildman–Crippen LogP) is -0.909. The van der Waals surface area contributed by atoms with Crippen molar-refractivity contribution in [2.45, 2.75) is 26.4 Å². The first-order valence-electron chi connectivity index (χ1n) is 5.77. The van der Waals surface area contributed by atoms with Gasteiger partial charge in [0.2, 0.25) is 5.91 Å². The van der Waals surface area contributed by atoms with Crippen LogP contribution in [0.4, 0.5) is 0 Å². The van der Waals surface area contributed by atoms with Crippen LogP contribution in [0.25, 0.3) is 0 Å². The first-order chi connectivity index (χ1) is 8.35. The molecule has 0 saturated heterocycles. The van der Waals surface area contributed by atoms with Crippen LogP contribution in [0.1, 0.15) is 20.3 Å². The Morgan fingerprint density at radius 2 is 2.06 bits per heavy atom. The molecule has 0 aliphatic carbocycles. The van der Waals surface area contributed by atoms with Gasteiger partial charge in [-0.2, -0.15) is 0 Å². The van der Waals surface area contributed by atoms with Crippen molar-refractivity contribution in [3.8, 4) is 0 Å². The average molecular weight is 278 g/mol. The lowest BCUT2D eigenvalue weighted by Crippen LogP contribution is -2.45. The molecule has 0 aromatic carbocycles. The van der Waals surface area contributed by atoms with Crippen LogP contribution in [0.5, 0.6) is 0 Å². The maximum absolute atomic E-state index is 11.5. The lowest BCUT2D eigenvalue weighted by molar-refractivity contribution is -0.137. The Bertz CT molecular complexity index is 284. The Labute approximate surface area is 111 Å². The number of hydrogen-bond acceptors (Lipinski definition) is 6. The topological polar surface area (TPSA) is 113 Å². The van der Waals surface area contributed by atoms with Crippen LogP contribution >= 0.6 is 11.8 Å². The maximum Gasteiger partial charge on any atom is 0.249 e. The van der Waals surface area contributed by atoms with E-state index >= 15 is 0 Å². The molecular weight excluding hydrogens is 256 g/mol. The summed E-state index contributed by atoms with van der Waals surface area (Å²) in [5.41, 5.74) is 4.36. The van der Waals surface area contributed by atoms with E-state index in [0.29, 0.717) is 12.3 Å². The minimum atomic E-state index is -1.30. The van der Waals surface area contributed by atoms with Gasteiger partial charge >= 0.3 is 0 Å². The van der Waals surface area contributed by atoms with Crippen LogP contribution in [0.3, 0.4) is 0 Å². The smallest absolute Gasteiger partial charge is 0.249 e. The van der Waals surface area contributed by atoms with Gasteiger partial charge in [0.25, 0.3) is 0 Å². The number of carbonyl (C=O) groups is 2. The van der Waals surface area contributed by atoms with E-state index < -0.39 is 17.4 Å². The normalized spacial score (nSPS) is 13.2. The molecule has 0 radical (unpaired) electrons. The summed E-state index contributed by atoms with van der Waals surface area (Å²) in [6.07, 6.45) is -1.10. The Morgan fingerprint density at radius 3 is 2.56 bits per heavy atom. The second kappa shape index (κ2) is 8.47. The highest BCUT2D eigenvalue weighted by Crippen LogP contribution is 2.19. The number of thioether (sulfide) groups is 1. The Hall–Kier alpha value is -0.630. The summed E-state index contributed by atoms with van der Waals surface area (Å²) in [5.74, 6) is -0.0156. The number of aliphatic hydroxyl groups excluding tert-OH is 2. The SMILES string of the molecule is CC(C)(CO)[C@@H](O)C(=O)NCCC(=O)SCCN. The number of hydrogen-bond donors (Lipinski definition) is 4. The highest BCUT2D eigenvalue weighted by Gasteiger charge is 2.32. The van der Waals surface area contributed by atoms with Gasteiger partial charge in [-0.3, -0.25) is 9.59 Å². The fourth-order valence-electron chi connectivity index (χ4n) is 1.07. The van der Waals surface area contributed by atoms with Gasteiger partial charge in [-0.15, -0.1) is 0 Å². The molecular formula is C11H22N2O4S. The molecule has 0 bridgehead atoms. The van der Waals surface area contributed by atoms with E-state index in [4.69, 9.17) is 10.8 Å². The standard InChI is InChI=1S/C11H22N2O4S/c1-11(2,7-14)9(16)10(17)13-5-3-8(15)18-6-4-12/h9,14,16H,3-7,12H2,1-2H3,(H,13,17)/t9-/m0/s1. The molecule has 0 unspecified atom stereocenters. The van der Waals surface area contributed by atoms with Gasteiger partial charge in [0, 0.05) is 30.7 Å². The van der Waals surface area contributed by atoms with Crippen molar-refractivity contribution in [1.29, 1.82) is 0 Å². The second-order valence-corrected chi connectivity index (χ2v) is 5.75. The Morgan fingerprint density at radius 1 is 1.44 bits per heavy atom. The lowest BCUT2D eigenvalue weighted by atomic mass is 9.87. The molecule has 7 heteroatoms. The summed E-state index contributed by atoms with van der Waals surface area (Å²) in [4.78, 5) is 22.8. The van der Waals surface area contributed by atoms with Crippen molar-refractivity contribution >= 4 is 22.8 Å². The molecule has 0 aromatic rings. The fraction of sp³-hybridized carbons (Fsp3) is 0.818. The Balaban J connectivity index is 3.94. The molecule has 106 valence electrons. The molecule has 0 aromatic heterocycles. The molecule has 5 N–H and O–H groups in total. The van der Waals surface area contributed by atoms with E-state index in [1.165, 1.54) is 0 Å². The third kappa shape index (κ3) is 6.34. The molecule has 0 rings (SSSR count). The van der Waals surface area contributed by atoms with Gasteiger partial charge in [-0.25, -0.2) is 0 Å². The van der Waals surface area contributed by atoms with Gasteiger partial charge in [0.15, 0.2) is 5.12 Å². The molecule has 0 fully saturated rings. The average Bonchev–Trinajstić information content (AvgIpc) is 2.35. The zero-order valence-electron chi connectivity index (χ0n) is 10.8. The zero-order valence-corrected chi connectivity index (χ0v) is 11.6. The van der Waals surface area contributed by atoms with Crippen LogP contribution in [0.15, 0.2) is 0 Å². The van der Waals surface area contributed by atoms with Crippen LogP contribution in [0, 0.1) is 5.41 Å².